The van der Waals surface area contributed by atoms with Gasteiger partial charge < -0.3 is 14.2 Å². The van der Waals surface area contributed by atoms with Crippen LogP contribution in [-0.4, -0.2) is 37.1 Å². The van der Waals surface area contributed by atoms with Crippen LogP contribution >= 0.6 is 11.6 Å². The number of rotatable bonds is 5. The van der Waals surface area contributed by atoms with Crippen molar-refractivity contribution >= 4 is 17.4 Å². The number of carbonyl (C=O) groups is 1. The van der Waals surface area contributed by atoms with Crippen LogP contribution in [0.1, 0.15) is 16.1 Å². The van der Waals surface area contributed by atoms with E-state index in [-0.39, 0.29) is 22.4 Å². The molecule has 0 aliphatic rings. The van der Waals surface area contributed by atoms with Crippen LogP contribution in [0.4, 0.5) is 0 Å². The first-order valence-electron chi connectivity index (χ1n) is 5.93. The van der Waals surface area contributed by atoms with Crippen LogP contribution in [-0.2, 0) is 0 Å². The first-order valence-corrected chi connectivity index (χ1v) is 6.31. The SMILES string of the molecule is COc1cc(C(=O)c2nccnc2OC)cc(Cl)c1OC. The predicted molar refractivity (Wildman–Crippen MR) is 76.6 cm³/mol. The Bertz CT molecular complexity index is 676. The summed E-state index contributed by atoms with van der Waals surface area (Å²) >= 11 is 6.09. The van der Waals surface area contributed by atoms with Gasteiger partial charge in [-0.3, -0.25) is 4.79 Å². The molecule has 21 heavy (non-hydrogen) atoms. The van der Waals surface area contributed by atoms with Crippen molar-refractivity contribution in [3.63, 3.8) is 0 Å². The zero-order valence-electron chi connectivity index (χ0n) is 11.7. The maximum absolute atomic E-state index is 12.5. The van der Waals surface area contributed by atoms with E-state index in [9.17, 15) is 4.79 Å². The molecule has 0 unspecified atom stereocenters. The summed E-state index contributed by atoms with van der Waals surface area (Å²) < 4.78 is 15.3. The number of hydrogen-bond donors (Lipinski definition) is 0. The van der Waals surface area contributed by atoms with E-state index < -0.39 is 0 Å². The Kier molecular flexibility index (Phi) is 4.59. The lowest BCUT2D eigenvalue weighted by molar-refractivity contribution is 0.103. The van der Waals surface area contributed by atoms with Gasteiger partial charge in [-0.05, 0) is 12.1 Å². The summed E-state index contributed by atoms with van der Waals surface area (Å²) in [7, 11) is 4.35. The van der Waals surface area contributed by atoms with Gasteiger partial charge in [0.1, 0.15) is 0 Å². The summed E-state index contributed by atoms with van der Waals surface area (Å²) in [5.41, 5.74) is 0.403. The lowest BCUT2D eigenvalue weighted by atomic mass is 10.1. The molecule has 0 fully saturated rings. The van der Waals surface area contributed by atoms with Gasteiger partial charge in [0.25, 0.3) is 0 Å². The number of benzene rings is 1. The molecule has 0 amide bonds. The lowest BCUT2D eigenvalue weighted by Crippen LogP contribution is -2.08. The Morgan fingerprint density at radius 3 is 2.38 bits per heavy atom. The third-order valence-electron chi connectivity index (χ3n) is 2.77. The minimum atomic E-state index is -0.372. The van der Waals surface area contributed by atoms with E-state index in [4.69, 9.17) is 25.8 Å². The van der Waals surface area contributed by atoms with E-state index in [1.807, 2.05) is 0 Å². The first-order chi connectivity index (χ1) is 10.1. The number of hydrogen-bond acceptors (Lipinski definition) is 6. The summed E-state index contributed by atoms with van der Waals surface area (Å²) in [6.45, 7) is 0. The maximum atomic E-state index is 12.5. The minimum Gasteiger partial charge on any atom is -0.493 e. The van der Waals surface area contributed by atoms with Crippen molar-refractivity contribution < 1.29 is 19.0 Å². The normalized spacial score (nSPS) is 10.1. The van der Waals surface area contributed by atoms with Crippen molar-refractivity contribution in [2.24, 2.45) is 0 Å². The van der Waals surface area contributed by atoms with Gasteiger partial charge in [-0.2, -0.15) is 0 Å². The summed E-state index contributed by atoms with van der Waals surface area (Å²) in [6.07, 6.45) is 2.86. The molecule has 0 radical (unpaired) electrons. The van der Waals surface area contributed by atoms with Gasteiger partial charge in [0.05, 0.1) is 26.4 Å². The molecule has 110 valence electrons. The number of halogens is 1. The largest absolute Gasteiger partial charge is 0.493 e. The second-order valence-corrected chi connectivity index (χ2v) is 4.34. The van der Waals surface area contributed by atoms with Gasteiger partial charge in [0.2, 0.25) is 11.7 Å². The number of carbonyl (C=O) groups excluding carboxylic acids is 1. The van der Waals surface area contributed by atoms with E-state index in [0.717, 1.165) is 0 Å². The summed E-state index contributed by atoms with van der Waals surface area (Å²) in [4.78, 5) is 20.5. The van der Waals surface area contributed by atoms with Crippen molar-refractivity contribution in [1.82, 2.24) is 9.97 Å². The molecule has 6 nitrogen and oxygen atoms in total. The topological polar surface area (TPSA) is 70.5 Å². The Hall–Kier alpha value is -2.34. The van der Waals surface area contributed by atoms with Gasteiger partial charge in [-0.25, -0.2) is 9.97 Å². The van der Waals surface area contributed by atoms with Crippen molar-refractivity contribution in [3.8, 4) is 17.4 Å². The van der Waals surface area contributed by atoms with Gasteiger partial charge in [-0.1, -0.05) is 11.6 Å². The van der Waals surface area contributed by atoms with Crippen molar-refractivity contribution in [3.05, 3.63) is 40.8 Å². The quantitative estimate of drug-likeness (QED) is 0.790. The van der Waals surface area contributed by atoms with Crippen molar-refractivity contribution in [2.45, 2.75) is 0 Å². The number of aromatic nitrogens is 2. The lowest BCUT2D eigenvalue weighted by Gasteiger charge is -2.11. The van der Waals surface area contributed by atoms with Crippen LogP contribution in [0.15, 0.2) is 24.5 Å². The molecule has 0 aliphatic carbocycles. The standard InChI is InChI=1S/C14H13ClN2O4/c1-19-10-7-8(6-9(15)13(10)20-2)12(18)11-14(21-3)17-5-4-16-11/h4-7H,1-3H3. The van der Waals surface area contributed by atoms with Gasteiger partial charge >= 0.3 is 0 Å². The third-order valence-corrected chi connectivity index (χ3v) is 3.05. The molecule has 0 aliphatic heterocycles. The Morgan fingerprint density at radius 1 is 1.05 bits per heavy atom. The fourth-order valence-electron chi connectivity index (χ4n) is 1.82. The summed E-state index contributed by atoms with van der Waals surface area (Å²) in [6, 6.07) is 3.01. The average molecular weight is 309 g/mol. The fourth-order valence-corrected chi connectivity index (χ4v) is 2.10. The van der Waals surface area contributed by atoms with Crippen molar-refractivity contribution in [2.75, 3.05) is 21.3 Å². The molecule has 0 saturated heterocycles. The number of ketones is 1. The second-order valence-electron chi connectivity index (χ2n) is 3.94. The zero-order chi connectivity index (χ0) is 15.4. The van der Waals surface area contributed by atoms with Crippen LogP contribution in [0, 0.1) is 0 Å². The van der Waals surface area contributed by atoms with E-state index in [0.29, 0.717) is 17.1 Å². The predicted octanol–water partition coefficient (Wildman–Crippen LogP) is 2.39. The molecule has 0 N–H and O–H groups in total. The van der Waals surface area contributed by atoms with E-state index >= 15 is 0 Å². The maximum Gasteiger partial charge on any atom is 0.243 e. The Balaban J connectivity index is 2.51. The highest BCUT2D eigenvalue weighted by Gasteiger charge is 2.20. The minimum absolute atomic E-state index is 0.100. The Labute approximate surface area is 126 Å². The number of ether oxygens (including phenoxy) is 3. The van der Waals surface area contributed by atoms with Gasteiger partial charge in [-0.15, -0.1) is 0 Å². The van der Waals surface area contributed by atoms with Crippen LogP contribution in [0.2, 0.25) is 5.02 Å². The highest BCUT2D eigenvalue weighted by atomic mass is 35.5. The molecule has 0 bridgehead atoms. The summed E-state index contributed by atoms with van der Waals surface area (Å²) in [5.74, 6) is 0.495. The molecule has 0 atom stereocenters. The van der Waals surface area contributed by atoms with Crippen molar-refractivity contribution in [1.29, 1.82) is 0 Å². The van der Waals surface area contributed by atoms with Crippen LogP contribution < -0.4 is 14.2 Å². The van der Waals surface area contributed by atoms with Gasteiger partial charge in [0.15, 0.2) is 17.2 Å². The highest BCUT2D eigenvalue weighted by molar-refractivity contribution is 6.33. The molecule has 0 spiro atoms. The first kappa shape index (κ1) is 15.1. The third kappa shape index (κ3) is 2.90. The molecule has 2 rings (SSSR count). The van der Waals surface area contributed by atoms with Crippen LogP contribution in [0.5, 0.6) is 17.4 Å². The second kappa shape index (κ2) is 6.41. The molecule has 1 aromatic carbocycles. The molecule has 7 heteroatoms. The molecular weight excluding hydrogens is 296 g/mol. The number of methoxy groups -OCH3 is 3. The molecule has 2 aromatic rings. The number of nitrogens with zero attached hydrogens (tertiary/aromatic N) is 2. The van der Waals surface area contributed by atoms with E-state index in [1.54, 1.807) is 0 Å². The van der Waals surface area contributed by atoms with Gasteiger partial charge in [0, 0.05) is 18.0 Å². The van der Waals surface area contributed by atoms with E-state index in [2.05, 4.69) is 9.97 Å². The molecule has 0 saturated carbocycles. The van der Waals surface area contributed by atoms with Crippen LogP contribution in [0.3, 0.4) is 0 Å². The smallest absolute Gasteiger partial charge is 0.243 e. The zero-order valence-corrected chi connectivity index (χ0v) is 12.5. The summed E-state index contributed by atoms with van der Waals surface area (Å²) in [5, 5.41) is 0.267. The Morgan fingerprint density at radius 2 is 1.76 bits per heavy atom. The molecule has 1 aromatic heterocycles. The molecular formula is C14H13ClN2O4. The molecule has 1 heterocycles. The highest BCUT2D eigenvalue weighted by Crippen LogP contribution is 2.36. The average Bonchev–Trinajstić information content (AvgIpc) is 2.53. The monoisotopic (exact) mass is 308 g/mol. The van der Waals surface area contributed by atoms with E-state index in [1.165, 1.54) is 45.9 Å². The fraction of sp³-hybridized carbons (Fsp3) is 0.214. The van der Waals surface area contributed by atoms with Crippen LogP contribution in [0.25, 0.3) is 0 Å².